The van der Waals surface area contributed by atoms with Gasteiger partial charge in [0.15, 0.2) is 5.11 Å². The molecule has 1 aliphatic heterocycles. The van der Waals surface area contributed by atoms with E-state index in [1.807, 2.05) is 0 Å². The number of piperidine rings is 1. The number of thiocarbonyl (C=S) groups is 1. The SMILES string of the molecule is COC(=O)c1c(NC(=S)NC2CCN(C)CC2)sc2c1CCCCCC2. The van der Waals surface area contributed by atoms with E-state index in [1.54, 1.807) is 11.3 Å². The number of ether oxygens (including phenoxy) is 1. The molecule has 1 saturated heterocycles. The molecule has 0 radical (unpaired) electrons. The number of esters is 1. The molecular weight excluding hydrogens is 366 g/mol. The third-order valence-corrected chi connectivity index (χ3v) is 6.77. The molecule has 144 valence electrons. The molecule has 0 unspecified atom stereocenters. The monoisotopic (exact) mass is 395 g/mol. The predicted octanol–water partition coefficient (Wildman–Crippen LogP) is 3.57. The Hall–Kier alpha value is -1.18. The van der Waals surface area contributed by atoms with Crippen LogP contribution in [0.3, 0.4) is 0 Å². The third kappa shape index (κ3) is 4.75. The predicted molar refractivity (Wildman–Crippen MR) is 111 cm³/mol. The van der Waals surface area contributed by atoms with Gasteiger partial charge >= 0.3 is 5.97 Å². The summed E-state index contributed by atoms with van der Waals surface area (Å²) in [4.78, 5) is 16.1. The van der Waals surface area contributed by atoms with E-state index >= 15 is 0 Å². The van der Waals surface area contributed by atoms with Crippen molar-refractivity contribution < 1.29 is 9.53 Å². The minimum absolute atomic E-state index is 0.257. The van der Waals surface area contributed by atoms with Gasteiger partial charge in [-0.3, -0.25) is 0 Å². The number of hydrogen-bond acceptors (Lipinski definition) is 5. The second-order valence-electron chi connectivity index (χ2n) is 7.29. The van der Waals surface area contributed by atoms with Gasteiger partial charge in [0.1, 0.15) is 5.00 Å². The Labute approximate surface area is 165 Å². The van der Waals surface area contributed by atoms with E-state index in [4.69, 9.17) is 17.0 Å². The highest BCUT2D eigenvalue weighted by atomic mass is 32.1. The number of methoxy groups -OCH3 is 1. The summed E-state index contributed by atoms with van der Waals surface area (Å²) >= 11 is 7.21. The van der Waals surface area contributed by atoms with Crippen LogP contribution in [0, 0.1) is 0 Å². The first-order chi connectivity index (χ1) is 12.6. The van der Waals surface area contributed by atoms with Gasteiger partial charge in [-0.2, -0.15) is 0 Å². The van der Waals surface area contributed by atoms with Crippen LogP contribution in [0.2, 0.25) is 0 Å². The maximum atomic E-state index is 12.4. The molecule has 26 heavy (non-hydrogen) atoms. The lowest BCUT2D eigenvalue weighted by Crippen LogP contribution is -2.44. The Morgan fingerprint density at radius 3 is 2.58 bits per heavy atom. The first-order valence-corrected chi connectivity index (χ1v) is 10.8. The first-order valence-electron chi connectivity index (χ1n) is 9.57. The van der Waals surface area contributed by atoms with E-state index in [-0.39, 0.29) is 5.97 Å². The van der Waals surface area contributed by atoms with Crippen molar-refractivity contribution in [1.82, 2.24) is 10.2 Å². The zero-order valence-corrected chi connectivity index (χ0v) is 17.4. The molecule has 2 N–H and O–H groups in total. The number of aryl methyl sites for hydroxylation is 1. The lowest BCUT2D eigenvalue weighted by molar-refractivity contribution is 0.0601. The van der Waals surface area contributed by atoms with Gasteiger partial charge < -0.3 is 20.3 Å². The van der Waals surface area contributed by atoms with Crippen LogP contribution in [-0.4, -0.2) is 49.3 Å². The number of carbonyl (C=O) groups is 1. The van der Waals surface area contributed by atoms with Crippen molar-refractivity contribution in [2.75, 3.05) is 32.6 Å². The minimum atomic E-state index is -0.257. The second-order valence-corrected chi connectivity index (χ2v) is 8.80. The number of fused-ring (bicyclic) bond motifs is 1. The van der Waals surface area contributed by atoms with Crippen LogP contribution in [-0.2, 0) is 17.6 Å². The van der Waals surface area contributed by atoms with Crippen LogP contribution >= 0.6 is 23.6 Å². The highest BCUT2D eigenvalue weighted by molar-refractivity contribution is 7.80. The largest absolute Gasteiger partial charge is 0.465 e. The summed E-state index contributed by atoms with van der Waals surface area (Å²) in [6, 6.07) is 0.397. The van der Waals surface area contributed by atoms with Crippen molar-refractivity contribution in [3.8, 4) is 0 Å². The van der Waals surface area contributed by atoms with Crippen molar-refractivity contribution in [3.63, 3.8) is 0 Å². The highest BCUT2D eigenvalue weighted by Gasteiger charge is 2.26. The van der Waals surface area contributed by atoms with Crippen LogP contribution < -0.4 is 10.6 Å². The Morgan fingerprint density at radius 1 is 1.19 bits per heavy atom. The smallest absolute Gasteiger partial charge is 0.341 e. The van der Waals surface area contributed by atoms with Gasteiger partial charge in [0.2, 0.25) is 0 Å². The van der Waals surface area contributed by atoms with E-state index in [1.165, 1.54) is 36.8 Å². The fraction of sp³-hybridized carbons (Fsp3) is 0.684. The van der Waals surface area contributed by atoms with Gasteiger partial charge in [-0.25, -0.2) is 4.79 Å². The molecule has 2 heterocycles. The summed E-state index contributed by atoms with van der Waals surface area (Å²) in [6.45, 7) is 2.17. The van der Waals surface area contributed by atoms with E-state index in [9.17, 15) is 4.79 Å². The molecule has 0 spiro atoms. The Kier molecular flexibility index (Phi) is 6.89. The van der Waals surface area contributed by atoms with Gasteiger partial charge in [0, 0.05) is 10.9 Å². The van der Waals surface area contributed by atoms with Crippen LogP contribution in [0.1, 0.15) is 59.3 Å². The maximum absolute atomic E-state index is 12.4. The van der Waals surface area contributed by atoms with Gasteiger partial charge in [0.25, 0.3) is 0 Å². The van der Waals surface area contributed by atoms with E-state index in [0.717, 1.165) is 50.2 Å². The average Bonchev–Trinajstić information content (AvgIpc) is 2.92. The third-order valence-electron chi connectivity index (χ3n) is 5.34. The van der Waals surface area contributed by atoms with E-state index < -0.39 is 0 Å². The summed E-state index contributed by atoms with van der Waals surface area (Å²) < 4.78 is 5.08. The minimum Gasteiger partial charge on any atom is -0.465 e. The number of hydrogen-bond donors (Lipinski definition) is 2. The summed E-state index contributed by atoms with van der Waals surface area (Å²) in [7, 11) is 3.60. The summed E-state index contributed by atoms with van der Waals surface area (Å²) in [5, 5.41) is 8.18. The van der Waals surface area contributed by atoms with Crippen LogP contribution in [0.5, 0.6) is 0 Å². The molecule has 1 aromatic heterocycles. The fourth-order valence-corrected chi connectivity index (χ4v) is 5.42. The molecule has 5 nitrogen and oxygen atoms in total. The molecule has 0 amide bonds. The summed E-state index contributed by atoms with van der Waals surface area (Å²) in [5.74, 6) is -0.257. The number of thiophene rings is 1. The van der Waals surface area contributed by atoms with E-state index in [0.29, 0.717) is 16.7 Å². The quantitative estimate of drug-likeness (QED) is 0.603. The van der Waals surface area contributed by atoms with Crippen LogP contribution in [0.15, 0.2) is 0 Å². The standard InChI is InChI=1S/C19H29N3O2S2/c1-22-11-9-13(10-12-22)20-19(25)21-17-16(18(23)24-2)14-7-5-3-4-6-8-15(14)26-17/h13H,3-12H2,1-2H3,(H2,20,21,25). The van der Waals surface area contributed by atoms with Gasteiger partial charge in [-0.05, 0) is 76.4 Å². The van der Waals surface area contributed by atoms with Gasteiger partial charge in [-0.15, -0.1) is 11.3 Å². The van der Waals surface area contributed by atoms with Crippen molar-refractivity contribution >= 4 is 39.6 Å². The number of nitrogens with one attached hydrogen (secondary N) is 2. The maximum Gasteiger partial charge on any atom is 0.341 e. The molecule has 0 bridgehead atoms. The lowest BCUT2D eigenvalue weighted by atomic mass is 9.96. The second kappa shape index (κ2) is 9.15. The van der Waals surface area contributed by atoms with Crippen molar-refractivity contribution in [2.24, 2.45) is 0 Å². The lowest BCUT2D eigenvalue weighted by Gasteiger charge is -2.30. The zero-order valence-electron chi connectivity index (χ0n) is 15.7. The average molecular weight is 396 g/mol. The number of anilines is 1. The van der Waals surface area contributed by atoms with Crippen molar-refractivity contribution in [3.05, 3.63) is 16.0 Å². The number of rotatable bonds is 3. The first kappa shape index (κ1) is 19.6. The molecule has 1 aliphatic carbocycles. The van der Waals surface area contributed by atoms with Crippen molar-refractivity contribution in [1.29, 1.82) is 0 Å². The fourth-order valence-electron chi connectivity index (χ4n) is 3.80. The topological polar surface area (TPSA) is 53.6 Å². The van der Waals surface area contributed by atoms with E-state index in [2.05, 4.69) is 22.6 Å². The number of nitrogens with zero attached hydrogens (tertiary/aromatic N) is 1. The summed E-state index contributed by atoms with van der Waals surface area (Å²) in [5.41, 5.74) is 1.87. The molecule has 0 atom stereocenters. The Bertz CT molecular complexity index is 651. The van der Waals surface area contributed by atoms with Gasteiger partial charge in [-0.1, -0.05) is 12.8 Å². The van der Waals surface area contributed by atoms with Gasteiger partial charge in [0.05, 0.1) is 12.7 Å². The molecule has 7 heteroatoms. The highest BCUT2D eigenvalue weighted by Crippen LogP contribution is 2.37. The molecule has 0 aromatic carbocycles. The summed E-state index contributed by atoms with van der Waals surface area (Å²) in [6.07, 6.45) is 8.98. The number of likely N-dealkylation sites (tertiary alicyclic amines) is 1. The molecule has 2 aliphatic rings. The molecule has 0 saturated carbocycles. The van der Waals surface area contributed by atoms with Crippen LogP contribution in [0.25, 0.3) is 0 Å². The normalized spacial score (nSPS) is 19.2. The zero-order chi connectivity index (χ0) is 18.5. The molecule has 1 fully saturated rings. The Morgan fingerprint density at radius 2 is 1.88 bits per heavy atom. The Balaban J connectivity index is 1.74. The molecule has 1 aromatic rings. The molecular formula is C19H29N3O2S2. The van der Waals surface area contributed by atoms with Crippen molar-refractivity contribution in [2.45, 2.75) is 57.4 Å². The van der Waals surface area contributed by atoms with Crippen LogP contribution in [0.4, 0.5) is 5.00 Å². The number of carbonyl (C=O) groups excluding carboxylic acids is 1. The molecule has 3 rings (SSSR count).